The molecule has 4 rings (SSSR count). The number of fused-ring (bicyclic) bond motifs is 2. The third-order valence-corrected chi connectivity index (χ3v) is 4.22. The Morgan fingerprint density at radius 2 is 1.75 bits per heavy atom. The van der Waals surface area contributed by atoms with Crippen molar-refractivity contribution in [2.75, 3.05) is 7.11 Å². The molecule has 3 heteroatoms. The Bertz CT molecular complexity index is 1080. The summed E-state index contributed by atoms with van der Waals surface area (Å²) in [6.45, 7) is 2.05. The SMILES string of the molecule is COc1ccc(C)cc1-c1c2ccc(=O)cc-2oc2ccccc12. The summed E-state index contributed by atoms with van der Waals surface area (Å²) < 4.78 is 11.5. The van der Waals surface area contributed by atoms with E-state index in [4.69, 9.17) is 9.15 Å². The number of hydrogen-bond donors (Lipinski definition) is 0. The molecule has 0 bridgehead atoms. The van der Waals surface area contributed by atoms with Crippen LogP contribution in [-0.2, 0) is 0 Å². The van der Waals surface area contributed by atoms with Crippen LogP contribution in [0, 0.1) is 6.92 Å². The molecule has 24 heavy (non-hydrogen) atoms. The highest BCUT2D eigenvalue weighted by atomic mass is 16.5. The van der Waals surface area contributed by atoms with Crippen molar-refractivity contribution in [2.24, 2.45) is 0 Å². The highest BCUT2D eigenvalue weighted by Gasteiger charge is 2.19. The molecule has 0 fully saturated rings. The third kappa shape index (κ3) is 2.26. The summed E-state index contributed by atoms with van der Waals surface area (Å²) in [4.78, 5) is 11.8. The van der Waals surface area contributed by atoms with E-state index in [1.165, 1.54) is 6.07 Å². The normalized spacial score (nSPS) is 11.1. The van der Waals surface area contributed by atoms with Crippen LogP contribution in [0.3, 0.4) is 0 Å². The largest absolute Gasteiger partial charge is 0.496 e. The Kier molecular flexibility index (Phi) is 3.35. The van der Waals surface area contributed by atoms with Crippen molar-refractivity contribution >= 4 is 11.0 Å². The van der Waals surface area contributed by atoms with Crippen molar-refractivity contribution in [1.29, 1.82) is 0 Å². The van der Waals surface area contributed by atoms with Gasteiger partial charge in [-0.15, -0.1) is 0 Å². The maximum atomic E-state index is 11.8. The van der Waals surface area contributed by atoms with Gasteiger partial charge in [0.2, 0.25) is 0 Å². The van der Waals surface area contributed by atoms with Gasteiger partial charge in [0.15, 0.2) is 5.43 Å². The van der Waals surface area contributed by atoms with Crippen LogP contribution in [0.15, 0.2) is 69.9 Å². The molecule has 0 N–H and O–H groups in total. The zero-order chi connectivity index (χ0) is 16.7. The molecule has 2 aromatic carbocycles. The highest BCUT2D eigenvalue weighted by Crippen LogP contribution is 2.43. The fraction of sp³-hybridized carbons (Fsp3) is 0.0952. The summed E-state index contributed by atoms with van der Waals surface area (Å²) in [5.74, 6) is 1.38. The van der Waals surface area contributed by atoms with Crippen molar-refractivity contribution in [3.8, 4) is 28.2 Å². The Labute approximate surface area is 139 Å². The Morgan fingerprint density at radius 3 is 2.58 bits per heavy atom. The third-order valence-electron chi connectivity index (χ3n) is 4.22. The predicted molar refractivity (Wildman–Crippen MR) is 95.8 cm³/mol. The lowest BCUT2D eigenvalue weighted by atomic mass is 9.92. The van der Waals surface area contributed by atoms with Crippen LogP contribution in [0.2, 0.25) is 0 Å². The molecule has 0 saturated heterocycles. The minimum Gasteiger partial charge on any atom is -0.496 e. The van der Waals surface area contributed by atoms with Crippen molar-refractivity contribution < 1.29 is 9.15 Å². The number of para-hydroxylation sites is 1. The number of ether oxygens (including phenoxy) is 1. The summed E-state index contributed by atoms with van der Waals surface area (Å²) in [5, 5.41) is 0.993. The lowest BCUT2D eigenvalue weighted by Crippen LogP contribution is -2.00. The minimum atomic E-state index is -0.0660. The van der Waals surface area contributed by atoms with Crippen LogP contribution in [0.1, 0.15) is 5.56 Å². The summed E-state index contributed by atoms with van der Waals surface area (Å²) in [6, 6.07) is 18.9. The molecule has 3 nitrogen and oxygen atoms in total. The second-order valence-electron chi connectivity index (χ2n) is 5.83. The molecular formula is C21H16O3. The van der Waals surface area contributed by atoms with E-state index in [-0.39, 0.29) is 5.43 Å². The van der Waals surface area contributed by atoms with Gasteiger partial charge in [-0.2, -0.15) is 0 Å². The monoisotopic (exact) mass is 316 g/mol. The van der Waals surface area contributed by atoms with Gasteiger partial charge in [0.1, 0.15) is 17.1 Å². The molecule has 1 aliphatic heterocycles. The average molecular weight is 316 g/mol. The molecule has 0 spiro atoms. The lowest BCUT2D eigenvalue weighted by Gasteiger charge is -2.17. The number of hydrogen-bond acceptors (Lipinski definition) is 3. The average Bonchev–Trinajstić information content (AvgIpc) is 2.59. The van der Waals surface area contributed by atoms with Crippen molar-refractivity contribution in [3.63, 3.8) is 0 Å². The summed E-state index contributed by atoms with van der Waals surface area (Å²) in [6.07, 6.45) is 0. The van der Waals surface area contributed by atoms with E-state index in [9.17, 15) is 4.79 Å². The smallest absolute Gasteiger partial charge is 0.182 e. The second-order valence-corrected chi connectivity index (χ2v) is 5.83. The van der Waals surface area contributed by atoms with E-state index in [0.717, 1.165) is 39.0 Å². The maximum absolute atomic E-state index is 11.8. The van der Waals surface area contributed by atoms with Gasteiger partial charge in [0.25, 0.3) is 0 Å². The molecule has 2 aliphatic rings. The van der Waals surface area contributed by atoms with Gasteiger partial charge in [-0.05, 0) is 37.3 Å². The fourth-order valence-electron chi connectivity index (χ4n) is 3.13. The van der Waals surface area contributed by atoms with Crippen LogP contribution in [0.25, 0.3) is 33.4 Å². The maximum Gasteiger partial charge on any atom is 0.182 e. The molecule has 2 aromatic rings. The highest BCUT2D eigenvalue weighted by molar-refractivity contribution is 6.03. The Balaban J connectivity index is 2.21. The first kappa shape index (κ1) is 14.5. The van der Waals surface area contributed by atoms with Gasteiger partial charge in [-0.3, -0.25) is 4.79 Å². The van der Waals surface area contributed by atoms with Gasteiger partial charge < -0.3 is 9.15 Å². The van der Waals surface area contributed by atoms with Crippen molar-refractivity contribution in [2.45, 2.75) is 6.92 Å². The van der Waals surface area contributed by atoms with Crippen LogP contribution < -0.4 is 10.2 Å². The predicted octanol–water partition coefficient (Wildman–Crippen LogP) is 4.88. The quantitative estimate of drug-likeness (QED) is 0.495. The number of methoxy groups -OCH3 is 1. The van der Waals surface area contributed by atoms with Crippen molar-refractivity contribution in [1.82, 2.24) is 0 Å². The van der Waals surface area contributed by atoms with Gasteiger partial charge in [0, 0.05) is 28.1 Å². The van der Waals surface area contributed by atoms with E-state index in [0.29, 0.717) is 5.76 Å². The van der Waals surface area contributed by atoms with E-state index >= 15 is 0 Å². The topological polar surface area (TPSA) is 39.4 Å². The van der Waals surface area contributed by atoms with Crippen LogP contribution >= 0.6 is 0 Å². The Hall–Kier alpha value is -3.07. The van der Waals surface area contributed by atoms with E-state index in [1.807, 2.05) is 42.5 Å². The number of rotatable bonds is 2. The number of benzene rings is 3. The first-order valence-corrected chi connectivity index (χ1v) is 7.78. The first-order chi connectivity index (χ1) is 11.7. The van der Waals surface area contributed by atoms with Crippen LogP contribution in [-0.4, -0.2) is 7.11 Å². The van der Waals surface area contributed by atoms with Crippen LogP contribution in [0.4, 0.5) is 0 Å². The molecule has 0 amide bonds. The fourth-order valence-corrected chi connectivity index (χ4v) is 3.13. The zero-order valence-electron chi connectivity index (χ0n) is 13.5. The van der Waals surface area contributed by atoms with E-state index in [1.54, 1.807) is 13.2 Å². The first-order valence-electron chi connectivity index (χ1n) is 7.78. The molecule has 1 heterocycles. The Morgan fingerprint density at radius 1 is 0.917 bits per heavy atom. The van der Waals surface area contributed by atoms with Gasteiger partial charge in [-0.1, -0.05) is 29.8 Å². The summed E-state index contributed by atoms with van der Waals surface area (Å²) in [5.41, 5.74) is 4.74. The van der Waals surface area contributed by atoms with Gasteiger partial charge in [-0.25, -0.2) is 0 Å². The summed E-state index contributed by atoms with van der Waals surface area (Å²) >= 11 is 0. The molecule has 0 atom stereocenters. The van der Waals surface area contributed by atoms with Crippen LogP contribution in [0.5, 0.6) is 5.75 Å². The van der Waals surface area contributed by atoms with E-state index in [2.05, 4.69) is 13.0 Å². The molecular weight excluding hydrogens is 300 g/mol. The zero-order valence-corrected chi connectivity index (χ0v) is 13.5. The molecule has 118 valence electrons. The van der Waals surface area contributed by atoms with Crippen molar-refractivity contribution in [3.05, 3.63) is 76.5 Å². The lowest BCUT2D eigenvalue weighted by molar-refractivity contribution is 0.416. The minimum absolute atomic E-state index is 0.0660. The van der Waals surface area contributed by atoms with Gasteiger partial charge in [0.05, 0.1) is 7.11 Å². The molecule has 1 aliphatic carbocycles. The summed E-state index contributed by atoms with van der Waals surface area (Å²) in [7, 11) is 1.67. The second kappa shape index (κ2) is 5.53. The van der Waals surface area contributed by atoms with Gasteiger partial charge >= 0.3 is 0 Å². The standard InChI is InChI=1S/C21H16O3/c1-13-7-10-18(23-2)17(11-13)21-15-5-3-4-6-19(15)24-20-12-14(22)8-9-16(20)21/h3-12H,1-2H3. The molecule has 0 radical (unpaired) electrons. The molecule has 0 aromatic heterocycles. The molecule has 0 saturated carbocycles. The van der Waals surface area contributed by atoms with E-state index < -0.39 is 0 Å². The molecule has 0 unspecified atom stereocenters. The number of aryl methyl sites for hydroxylation is 1.